The van der Waals surface area contributed by atoms with Crippen molar-refractivity contribution >= 4 is 17.4 Å². The lowest BCUT2D eigenvalue weighted by molar-refractivity contribution is -0.140. The molecule has 3 aromatic carbocycles. The molecule has 1 atom stereocenters. The molecule has 0 spiro atoms. The van der Waals surface area contributed by atoms with Crippen LogP contribution in [-0.4, -0.2) is 28.8 Å². The van der Waals surface area contributed by atoms with Gasteiger partial charge in [0.05, 0.1) is 18.7 Å². The van der Waals surface area contributed by atoms with Crippen LogP contribution in [0.5, 0.6) is 5.75 Å². The highest BCUT2D eigenvalue weighted by Crippen LogP contribution is 2.42. The average Bonchev–Trinajstić information content (AvgIpc) is 3.09. The van der Waals surface area contributed by atoms with Crippen molar-refractivity contribution < 1.29 is 28.2 Å². The summed E-state index contributed by atoms with van der Waals surface area (Å²) in [6, 6.07) is 15.1. The van der Waals surface area contributed by atoms with E-state index in [0.29, 0.717) is 16.9 Å². The molecule has 1 heterocycles. The highest BCUT2D eigenvalue weighted by Gasteiger charge is 2.47. The van der Waals surface area contributed by atoms with Crippen LogP contribution < -0.4 is 4.74 Å². The second kappa shape index (κ2) is 9.57. The van der Waals surface area contributed by atoms with Crippen molar-refractivity contribution in [2.24, 2.45) is 0 Å². The van der Waals surface area contributed by atoms with E-state index in [1.54, 1.807) is 31.4 Å². The average molecular weight is 492 g/mol. The minimum absolute atomic E-state index is 0.0729. The SMILES string of the molecule is COc1ccc(/C(O)=C2\C(=O)C(=O)N(Cc3ccc(F)cc3)C2c2ccccc2F)cc1C(C)(C)C. The first-order chi connectivity index (χ1) is 17.0. The first kappa shape index (κ1) is 25.1. The Morgan fingerprint density at radius 1 is 1.00 bits per heavy atom. The molecule has 3 aromatic rings. The molecule has 0 aromatic heterocycles. The summed E-state index contributed by atoms with van der Waals surface area (Å²) in [4.78, 5) is 27.6. The van der Waals surface area contributed by atoms with Crippen molar-refractivity contribution in [3.8, 4) is 5.75 Å². The van der Waals surface area contributed by atoms with Gasteiger partial charge in [0.15, 0.2) is 0 Å². The van der Waals surface area contributed by atoms with Gasteiger partial charge in [0.2, 0.25) is 0 Å². The third kappa shape index (κ3) is 4.61. The molecule has 0 radical (unpaired) electrons. The largest absolute Gasteiger partial charge is 0.507 e. The van der Waals surface area contributed by atoms with Crippen LogP contribution in [0.3, 0.4) is 0 Å². The van der Waals surface area contributed by atoms with Crippen molar-refractivity contribution in [1.29, 1.82) is 0 Å². The summed E-state index contributed by atoms with van der Waals surface area (Å²) in [5.74, 6) is -2.65. The van der Waals surface area contributed by atoms with Gasteiger partial charge in [-0.3, -0.25) is 9.59 Å². The number of halogens is 2. The van der Waals surface area contributed by atoms with Gasteiger partial charge in [0.1, 0.15) is 23.1 Å². The number of hydrogen-bond donors (Lipinski definition) is 1. The third-order valence-electron chi connectivity index (χ3n) is 6.29. The second-order valence-corrected chi connectivity index (χ2v) is 9.74. The van der Waals surface area contributed by atoms with Crippen molar-refractivity contribution in [2.75, 3.05) is 7.11 Å². The van der Waals surface area contributed by atoms with E-state index in [9.17, 15) is 23.5 Å². The monoisotopic (exact) mass is 491 g/mol. The molecule has 1 unspecified atom stereocenters. The first-order valence-electron chi connectivity index (χ1n) is 11.5. The van der Waals surface area contributed by atoms with Gasteiger partial charge in [-0.2, -0.15) is 0 Å². The van der Waals surface area contributed by atoms with Crippen molar-refractivity contribution in [1.82, 2.24) is 4.90 Å². The molecule has 0 saturated carbocycles. The lowest BCUT2D eigenvalue weighted by Crippen LogP contribution is -2.29. The Bertz CT molecular complexity index is 1360. The van der Waals surface area contributed by atoms with E-state index in [-0.39, 0.29) is 23.1 Å². The molecule has 1 saturated heterocycles. The van der Waals surface area contributed by atoms with E-state index in [1.807, 2.05) is 20.8 Å². The molecule has 1 N–H and O–H groups in total. The van der Waals surface area contributed by atoms with E-state index >= 15 is 0 Å². The maximum absolute atomic E-state index is 15.0. The number of benzene rings is 3. The van der Waals surface area contributed by atoms with E-state index < -0.39 is 35.1 Å². The molecule has 1 aliphatic heterocycles. The number of carbonyl (C=O) groups excluding carboxylic acids is 2. The molecule has 0 aliphatic carbocycles. The molecule has 0 bridgehead atoms. The Kier molecular flexibility index (Phi) is 6.67. The third-order valence-corrected chi connectivity index (χ3v) is 6.29. The van der Waals surface area contributed by atoms with Crippen molar-refractivity contribution in [2.45, 2.75) is 38.8 Å². The fraction of sp³-hybridized carbons (Fsp3) is 0.241. The second-order valence-electron chi connectivity index (χ2n) is 9.74. The van der Waals surface area contributed by atoms with Crippen LogP contribution in [0.25, 0.3) is 5.76 Å². The maximum atomic E-state index is 15.0. The summed E-state index contributed by atoms with van der Waals surface area (Å²) in [6.45, 7) is 5.87. The van der Waals surface area contributed by atoms with E-state index in [1.165, 1.54) is 47.4 Å². The van der Waals surface area contributed by atoms with Gasteiger partial charge >= 0.3 is 0 Å². The Balaban J connectivity index is 1.90. The predicted molar refractivity (Wildman–Crippen MR) is 132 cm³/mol. The number of nitrogens with zero attached hydrogens (tertiary/aromatic N) is 1. The van der Waals surface area contributed by atoms with Gasteiger partial charge < -0.3 is 14.7 Å². The minimum Gasteiger partial charge on any atom is -0.507 e. The van der Waals surface area contributed by atoms with Crippen molar-refractivity contribution in [3.63, 3.8) is 0 Å². The number of ketones is 1. The smallest absolute Gasteiger partial charge is 0.295 e. The number of likely N-dealkylation sites (tertiary alicyclic amines) is 1. The molecule has 1 fully saturated rings. The van der Waals surface area contributed by atoms with Crippen LogP contribution in [0.2, 0.25) is 0 Å². The summed E-state index contributed by atoms with van der Waals surface area (Å²) < 4.78 is 33.9. The molecule has 186 valence electrons. The fourth-order valence-corrected chi connectivity index (χ4v) is 4.45. The number of hydrogen-bond acceptors (Lipinski definition) is 4. The Hall–Kier alpha value is -4.00. The molecule has 5 nitrogen and oxygen atoms in total. The van der Waals surface area contributed by atoms with Crippen LogP contribution in [0, 0.1) is 11.6 Å². The normalized spacial score (nSPS) is 17.5. The number of Topliss-reactive ketones (excluding diaryl/α,β-unsaturated/α-hetero) is 1. The highest BCUT2D eigenvalue weighted by atomic mass is 19.1. The van der Waals surface area contributed by atoms with Gasteiger partial charge in [-0.1, -0.05) is 51.1 Å². The number of aliphatic hydroxyl groups excluding tert-OH is 1. The van der Waals surface area contributed by atoms with Gasteiger partial charge in [-0.15, -0.1) is 0 Å². The van der Waals surface area contributed by atoms with Gasteiger partial charge in [-0.05, 0) is 47.4 Å². The molecule has 1 amide bonds. The first-order valence-corrected chi connectivity index (χ1v) is 11.5. The van der Waals surface area contributed by atoms with Crippen LogP contribution in [0.1, 0.15) is 49.1 Å². The fourth-order valence-electron chi connectivity index (χ4n) is 4.45. The molecular weight excluding hydrogens is 464 g/mol. The Labute approximate surface area is 208 Å². The maximum Gasteiger partial charge on any atom is 0.295 e. The van der Waals surface area contributed by atoms with Crippen LogP contribution in [0.4, 0.5) is 8.78 Å². The highest BCUT2D eigenvalue weighted by molar-refractivity contribution is 6.46. The van der Waals surface area contributed by atoms with Gasteiger partial charge in [-0.25, -0.2) is 8.78 Å². The number of carbonyl (C=O) groups is 2. The molecular formula is C29H27F2NO4. The zero-order chi connectivity index (χ0) is 26.2. The number of rotatable bonds is 5. The lowest BCUT2D eigenvalue weighted by atomic mass is 9.84. The quantitative estimate of drug-likeness (QED) is 0.274. The Morgan fingerprint density at radius 3 is 2.28 bits per heavy atom. The number of ether oxygens (including phenoxy) is 1. The molecule has 36 heavy (non-hydrogen) atoms. The van der Waals surface area contributed by atoms with E-state index in [2.05, 4.69) is 0 Å². The molecule has 7 heteroatoms. The summed E-state index contributed by atoms with van der Waals surface area (Å²) in [5, 5.41) is 11.4. The van der Waals surface area contributed by atoms with Crippen LogP contribution in [0.15, 0.2) is 72.3 Å². The number of amides is 1. The zero-order valence-corrected chi connectivity index (χ0v) is 20.5. The summed E-state index contributed by atoms with van der Waals surface area (Å²) >= 11 is 0. The van der Waals surface area contributed by atoms with E-state index in [4.69, 9.17) is 4.74 Å². The summed E-state index contributed by atoms with van der Waals surface area (Å²) in [7, 11) is 1.54. The summed E-state index contributed by atoms with van der Waals surface area (Å²) in [5.41, 5.74) is 1.17. The van der Waals surface area contributed by atoms with E-state index in [0.717, 1.165) is 5.56 Å². The lowest BCUT2D eigenvalue weighted by Gasteiger charge is -2.26. The minimum atomic E-state index is -1.17. The van der Waals surface area contributed by atoms with Gasteiger partial charge in [0, 0.05) is 23.2 Å². The van der Waals surface area contributed by atoms with Crippen molar-refractivity contribution in [3.05, 3.63) is 106 Å². The number of aliphatic hydroxyl groups is 1. The molecule has 4 rings (SSSR count). The number of methoxy groups -OCH3 is 1. The van der Waals surface area contributed by atoms with Crippen LogP contribution in [-0.2, 0) is 21.5 Å². The molecule has 1 aliphatic rings. The predicted octanol–water partition coefficient (Wildman–Crippen LogP) is 5.89. The topological polar surface area (TPSA) is 66.8 Å². The Morgan fingerprint density at radius 2 is 1.67 bits per heavy atom. The van der Waals surface area contributed by atoms with Crippen LogP contribution >= 0.6 is 0 Å². The summed E-state index contributed by atoms with van der Waals surface area (Å²) in [6.07, 6.45) is 0. The standard InChI is InChI=1S/C29H27F2NO4/c1-29(2,3)21-15-18(11-14-23(21)36-4)26(33)24-25(20-7-5-6-8-22(20)31)32(28(35)27(24)34)16-17-9-12-19(30)13-10-17/h5-15,25,33H,16H2,1-4H3/b26-24+. The zero-order valence-electron chi connectivity index (χ0n) is 20.5. The van der Waals surface area contributed by atoms with Gasteiger partial charge in [0.25, 0.3) is 11.7 Å².